The summed E-state index contributed by atoms with van der Waals surface area (Å²) in [7, 11) is -2.19. The van der Waals surface area contributed by atoms with Crippen molar-refractivity contribution < 1.29 is 17.9 Å². The summed E-state index contributed by atoms with van der Waals surface area (Å²) in [6.07, 6.45) is 1.58. The number of piperazine rings is 1. The number of ether oxygens (including phenoxy) is 1. The molecular formula is C17H26ClN3O4S. The first-order valence-corrected chi connectivity index (χ1v) is 10.0. The SMILES string of the molecule is COc1ccc(C)cc1S(=O)(=O)N1CCCC(N2CCNCC2=O)C1.Cl. The number of nitrogens with zero attached hydrogens (tertiary/aromatic N) is 2. The molecule has 1 unspecified atom stereocenters. The summed E-state index contributed by atoms with van der Waals surface area (Å²) in [6.45, 7) is 4.37. The molecule has 9 heteroatoms. The molecule has 1 aromatic carbocycles. The van der Waals surface area contributed by atoms with Gasteiger partial charge in [-0.1, -0.05) is 6.07 Å². The Kier molecular flexibility index (Phi) is 6.90. The smallest absolute Gasteiger partial charge is 0.246 e. The zero-order valence-electron chi connectivity index (χ0n) is 15.1. The van der Waals surface area contributed by atoms with Crippen molar-refractivity contribution in [3.8, 4) is 5.75 Å². The minimum absolute atomic E-state index is 0. The Morgan fingerprint density at radius 1 is 1.27 bits per heavy atom. The number of rotatable bonds is 4. The lowest BCUT2D eigenvalue weighted by atomic mass is 10.1. The summed E-state index contributed by atoms with van der Waals surface area (Å²) in [5.41, 5.74) is 0.866. The van der Waals surface area contributed by atoms with Crippen LogP contribution in [0.5, 0.6) is 5.75 Å². The number of aryl methyl sites for hydroxylation is 1. The maximum Gasteiger partial charge on any atom is 0.246 e. The van der Waals surface area contributed by atoms with E-state index in [1.165, 1.54) is 11.4 Å². The van der Waals surface area contributed by atoms with Crippen LogP contribution < -0.4 is 10.1 Å². The van der Waals surface area contributed by atoms with Crippen LogP contribution in [0.1, 0.15) is 18.4 Å². The number of methoxy groups -OCH3 is 1. The molecule has 0 aliphatic carbocycles. The number of hydrogen-bond donors (Lipinski definition) is 1. The molecular weight excluding hydrogens is 378 g/mol. The van der Waals surface area contributed by atoms with Gasteiger partial charge in [-0.2, -0.15) is 4.31 Å². The first-order valence-electron chi connectivity index (χ1n) is 8.58. The van der Waals surface area contributed by atoms with Crippen LogP contribution in [0, 0.1) is 6.92 Å². The van der Waals surface area contributed by atoms with Crippen LogP contribution in [0.25, 0.3) is 0 Å². The largest absolute Gasteiger partial charge is 0.495 e. The highest BCUT2D eigenvalue weighted by Gasteiger charge is 2.36. The van der Waals surface area contributed by atoms with Crippen molar-refractivity contribution in [3.63, 3.8) is 0 Å². The van der Waals surface area contributed by atoms with E-state index >= 15 is 0 Å². The second-order valence-electron chi connectivity index (χ2n) is 6.58. The summed E-state index contributed by atoms with van der Waals surface area (Å²) in [5.74, 6) is 0.398. The van der Waals surface area contributed by atoms with E-state index in [9.17, 15) is 13.2 Å². The van der Waals surface area contributed by atoms with Crippen molar-refractivity contribution in [2.45, 2.75) is 30.7 Å². The first kappa shape index (κ1) is 21.0. The molecule has 2 fully saturated rings. The fourth-order valence-corrected chi connectivity index (χ4v) is 5.28. The lowest BCUT2D eigenvalue weighted by Crippen LogP contribution is -2.57. The zero-order chi connectivity index (χ0) is 18.0. The van der Waals surface area contributed by atoms with E-state index in [4.69, 9.17) is 4.74 Å². The van der Waals surface area contributed by atoms with Gasteiger partial charge in [-0.15, -0.1) is 12.4 Å². The molecule has 2 saturated heterocycles. The average Bonchev–Trinajstić information content (AvgIpc) is 2.62. The van der Waals surface area contributed by atoms with Crippen LogP contribution in [0.3, 0.4) is 0 Å². The van der Waals surface area contributed by atoms with E-state index < -0.39 is 10.0 Å². The maximum atomic E-state index is 13.2. The molecule has 0 spiro atoms. The average molecular weight is 404 g/mol. The van der Waals surface area contributed by atoms with E-state index in [-0.39, 0.29) is 29.3 Å². The minimum Gasteiger partial charge on any atom is -0.495 e. The fraction of sp³-hybridized carbons (Fsp3) is 0.588. The topological polar surface area (TPSA) is 79.0 Å². The molecule has 3 rings (SSSR count). The molecule has 0 bridgehead atoms. The molecule has 146 valence electrons. The quantitative estimate of drug-likeness (QED) is 0.811. The van der Waals surface area contributed by atoms with Crippen molar-refractivity contribution in [2.24, 2.45) is 0 Å². The summed E-state index contributed by atoms with van der Waals surface area (Å²) in [5, 5.41) is 3.05. The summed E-state index contributed by atoms with van der Waals surface area (Å²) >= 11 is 0. The highest BCUT2D eigenvalue weighted by atomic mass is 35.5. The molecule has 2 aliphatic heterocycles. The molecule has 0 saturated carbocycles. The Bertz CT molecular complexity index is 756. The van der Waals surface area contributed by atoms with E-state index in [0.29, 0.717) is 31.9 Å². The number of carbonyl (C=O) groups excluding carboxylic acids is 1. The second-order valence-corrected chi connectivity index (χ2v) is 8.48. The Morgan fingerprint density at radius 3 is 2.73 bits per heavy atom. The number of halogens is 1. The molecule has 7 nitrogen and oxygen atoms in total. The second kappa shape index (κ2) is 8.56. The van der Waals surface area contributed by atoms with Crippen LogP contribution in [0.4, 0.5) is 0 Å². The normalized spacial score (nSPS) is 22.0. The summed E-state index contributed by atoms with van der Waals surface area (Å²) in [4.78, 5) is 14.2. The van der Waals surface area contributed by atoms with Gasteiger partial charge < -0.3 is 15.0 Å². The van der Waals surface area contributed by atoms with Gasteiger partial charge in [-0.3, -0.25) is 4.79 Å². The number of benzene rings is 1. The van der Waals surface area contributed by atoms with Gasteiger partial charge in [0.25, 0.3) is 0 Å². The third-order valence-corrected chi connectivity index (χ3v) is 6.75. The Hall–Kier alpha value is -1.35. The number of piperidine rings is 1. The molecule has 0 radical (unpaired) electrons. The Balaban J connectivity index is 0.00000243. The fourth-order valence-electron chi connectivity index (χ4n) is 3.53. The minimum atomic E-state index is -3.66. The van der Waals surface area contributed by atoms with Crippen molar-refractivity contribution >= 4 is 28.3 Å². The highest BCUT2D eigenvalue weighted by Crippen LogP contribution is 2.30. The molecule has 26 heavy (non-hydrogen) atoms. The monoisotopic (exact) mass is 403 g/mol. The number of sulfonamides is 1. The predicted molar refractivity (Wildman–Crippen MR) is 101 cm³/mol. The van der Waals surface area contributed by atoms with Gasteiger partial charge in [-0.25, -0.2) is 8.42 Å². The number of amides is 1. The van der Waals surface area contributed by atoms with Crippen LogP contribution in [-0.4, -0.2) is 69.4 Å². The van der Waals surface area contributed by atoms with Gasteiger partial charge in [0, 0.05) is 32.2 Å². The van der Waals surface area contributed by atoms with Gasteiger partial charge >= 0.3 is 0 Å². The molecule has 2 aliphatic rings. The van der Waals surface area contributed by atoms with Gasteiger partial charge in [0.15, 0.2) is 0 Å². The van der Waals surface area contributed by atoms with Gasteiger partial charge in [-0.05, 0) is 37.5 Å². The van der Waals surface area contributed by atoms with E-state index in [1.54, 1.807) is 12.1 Å². The highest BCUT2D eigenvalue weighted by molar-refractivity contribution is 7.89. The lowest BCUT2D eigenvalue weighted by Gasteiger charge is -2.40. The van der Waals surface area contributed by atoms with Crippen LogP contribution in [0.15, 0.2) is 23.1 Å². The Labute approximate surface area is 161 Å². The standard InChI is InChI=1S/C17H25N3O4S.ClH/c1-13-5-6-15(24-2)16(10-13)25(22,23)19-8-3-4-14(12-19)20-9-7-18-11-17(20)21;/h5-6,10,14,18H,3-4,7-9,11-12H2,1-2H3;1H. The van der Waals surface area contributed by atoms with Crippen LogP contribution in [0.2, 0.25) is 0 Å². The zero-order valence-corrected chi connectivity index (χ0v) is 16.7. The summed E-state index contributed by atoms with van der Waals surface area (Å²) < 4.78 is 33.1. The van der Waals surface area contributed by atoms with E-state index in [2.05, 4.69) is 5.32 Å². The Morgan fingerprint density at radius 2 is 2.04 bits per heavy atom. The van der Waals surface area contributed by atoms with Gasteiger partial charge in [0.05, 0.1) is 13.7 Å². The molecule has 1 aromatic rings. The number of carbonyl (C=O) groups is 1. The third kappa shape index (κ3) is 4.14. The van der Waals surface area contributed by atoms with E-state index in [1.807, 2.05) is 17.9 Å². The maximum absolute atomic E-state index is 13.2. The third-order valence-electron chi connectivity index (χ3n) is 4.86. The first-order chi connectivity index (χ1) is 11.9. The molecule has 2 heterocycles. The van der Waals surface area contributed by atoms with Crippen LogP contribution in [-0.2, 0) is 14.8 Å². The van der Waals surface area contributed by atoms with E-state index in [0.717, 1.165) is 24.9 Å². The van der Waals surface area contributed by atoms with Crippen molar-refractivity contribution in [1.82, 2.24) is 14.5 Å². The van der Waals surface area contributed by atoms with Gasteiger partial charge in [0.2, 0.25) is 15.9 Å². The van der Waals surface area contributed by atoms with Crippen molar-refractivity contribution in [3.05, 3.63) is 23.8 Å². The molecule has 0 aromatic heterocycles. The van der Waals surface area contributed by atoms with Gasteiger partial charge in [0.1, 0.15) is 10.6 Å². The number of nitrogens with one attached hydrogen (secondary N) is 1. The number of hydrogen-bond acceptors (Lipinski definition) is 5. The molecule has 1 atom stereocenters. The van der Waals surface area contributed by atoms with Crippen LogP contribution >= 0.6 is 12.4 Å². The molecule has 1 N–H and O–H groups in total. The lowest BCUT2D eigenvalue weighted by molar-refractivity contribution is -0.135. The predicted octanol–water partition coefficient (Wildman–Crippen LogP) is 1.01. The summed E-state index contributed by atoms with van der Waals surface area (Å²) in [6, 6.07) is 5.10. The van der Waals surface area contributed by atoms with Crippen molar-refractivity contribution in [1.29, 1.82) is 0 Å². The van der Waals surface area contributed by atoms with Crippen molar-refractivity contribution in [2.75, 3.05) is 39.8 Å². The molecule has 1 amide bonds.